The second-order valence-corrected chi connectivity index (χ2v) is 5.20. The molecular formula is C16H20N4O4. The quantitative estimate of drug-likeness (QED) is 0.845. The van der Waals surface area contributed by atoms with E-state index in [1.807, 2.05) is 13.8 Å². The molecule has 8 nitrogen and oxygen atoms in total. The molecule has 0 spiro atoms. The Morgan fingerprint density at radius 2 is 2.08 bits per heavy atom. The number of ether oxygens (including phenoxy) is 1. The first-order valence-electron chi connectivity index (χ1n) is 7.48. The lowest BCUT2D eigenvalue weighted by Crippen LogP contribution is -2.34. The average Bonchev–Trinajstić information content (AvgIpc) is 2.98. The Balaban J connectivity index is 2.13. The van der Waals surface area contributed by atoms with E-state index in [4.69, 9.17) is 9.26 Å². The number of rotatable bonds is 5. The van der Waals surface area contributed by atoms with Crippen molar-refractivity contribution >= 4 is 17.7 Å². The summed E-state index contributed by atoms with van der Waals surface area (Å²) >= 11 is 0. The molecule has 0 atom stereocenters. The van der Waals surface area contributed by atoms with E-state index in [9.17, 15) is 9.59 Å². The maximum atomic E-state index is 12.5. The second-order valence-electron chi connectivity index (χ2n) is 5.20. The van der Waals surface area contributed by atoms with Gasteiger partial charge in [-0.25, -0.2) is 9.59 Å². The van der Waals surface area contributed by atoms with Crippen molar-refractivity contribution in [3.05, 3.63) is 41.0 Å². The first-order chi connectivity index (χ1) is 11.4. The lowest BCUT2D eigenvalue weighted by atomic mass is 10.1. The highest BCUT2D eigenvalue weighted by Crippen LogP contribution is 2.18. The van der Waals surface area contributed by atoms with Gasteiger partial charge in [0.1, 0.15) is 0 Å². The monoisotopic (exact) mass is 332 g/mol. The molecule has 2 rings (SSSR count). The number of carbonyl (C=O) groups excluding carboxylic acids is 2. The number of esters is 1. The van der Waals surface area contributed by atoms with E-state index >= 15 is 0 Å². The third-order valence-corrected chi connectivity index (χ3v) is 3.47. The molecule has 0 aliphatic heterocycles. The second kappa shape index (κ2) is 7.58. The standard InChI is InChI=1S/C16H20N4O4/c1-5-20(9-14-17-11(3)24-19-14)16(22)18-13-8-12(15(21)23-4)7-6-10(13)2/h6-8H,5,9H2,1-4H3,(H,18,22). The molecule has 0 aliphatic rings. The van der Waals surface area contributed by atoms with Crippen LogP contribution in [0.1, 0.15) is 34.6 Å². The summed E-state index contributed by atoms with van der Waals surface area (Å²) in [6.45, 7) is 6.08. The zero-order valence-electron chi connectivity index (χ0n) is 14.1. The Kier molecular flexibility index (Phi) is 5.51. The van der Waals surface area contributed by atoms with Crippen LogP contribution in [0.4, 0.5) is 10.5 Å². The summed E-state index contributed by atoms with van der Waals surface area (Å²) < 4.78 is 9.61. The lowest BCUT2D eigenvalue weighted by Gasteiger charge is -2.20. The van der Waals surface area contributed by atoms with Crippen LogP contribution in [-0.4, -0.2) is 40.7 Å². The molecule has 0 unspecified atom stereocenters. The summed E-state index contributed by atoms with van der Waals surface area (Å²) in [6.07, 6.45) is 0. The van der Waals surface area contributed by atoms with Crippen molar-refractivity contribution in [2.24, 2.45) is 0 Å². The Labute approximate surface area is 139 Å². The molecular weight excluding hydrogens is 312 g/mol. The molecule has 0 bridgehead atoms. The van der Waals surface area contributed by atoms with E-state index in [2.05, 4.69) is 15.5 Å². The predicted octanol–water partition coefficient (Wildman–Crippen LogP) is 2.53. The van der Waals surface area contributed by atoms with Crippen LogP contribution in [0.3, 0.4) is 0 Å². The number of aromatic nitrogens is 2. The van der Waals surface area contributed by atoms with Crippen LogP contribution in [0, 0.1) is 13.8 Å². The minimum Gasteiger partial charge on any atom is -0.465 e. The molecule has 128 valence electrons. The fourth-order valence-electron chi connectivity index (χ4n) is 2.10. The van der Waals surface area contributed by atoms with Gasteiger partial charge in [-0.2, -0.15) is 4.98 Å². The van der Waals surface area contributed by atoms with Crippen molar-refractivity contribution in [1.29, 1.82) is 0 Å². The number of benzene rings is 1. The number of methoxy groups -OCH3 is 1. The third kappa shape index (κ3) is 4.09. The Bertz CT molecular complexity index is 741. The van der Waals surface area contributed by atoms with Gasteiger partial charge in [0.15, 0.2) is 5.82 Å². The maximum Gasteiger partial charge on any atom is 0.337 e. The van der Waals surface area contributed by atoms with Crippen molar-refractivity contribution in [3.63, 3.8) is 0 Å². The molecule has 0 saturated heterocycles. The van der Waals surface area contributed by atoms with Crippen molar-refractivity contribution in [2.75, 3.05) is 19.0 Å². The maximum absolute atomic E-state index is 12.5. The number of hydrogen-bond acceptors (Lipinski definition) is 6. The lowest BCUT2D eigenvalue weighted by molar-refractivity contribution is 0.0600. The minimum atomic E-state index is -0.458. The van der Waals surface area contributed by atoms with Crippen LogP contribution in [0.5, 0.6) is 0 Å². The molecule has 0 aliphatic carbocycles. The van der Waals surface area contributed by atoms with Gasteiger partial charge < -0.3 is 19.5 Å². The van der Waals surface area contributed by atoms with Gasteiger partial charge in [0.2, 0.25) is 5.89 Å². The van der Waals surface area contributed by atoms with Gasteiger partial charge >= 0.3 is 12.0 Å². The summed E-state index contributed by atoms with van der Waals surface area (Å²) in [5.41, 5.74) is 1.75. The number of nitrogens with zero attached hydrogens (tertiary/aromatic N) is 3. The number of aryl methyl sites for hydroxylation is 2. The molecule has 1 aromatic heterocycles. The summed E-state index contributed by atoms with van der Waals surface area (Å²) in [4.78, 5) is 29.7. The molecule has 0 fully saturated rings. The minimum absolute atomic E-state index is 0.232. The Morgan fingerprint density at radius 3 is 2.67 bits per heavy atom. The highest BCUT2D eigenvalue weighted by molar-refractivity contribution is 5.94. The summed E-state index contributed by atoms with van der Waals surface area (Å²) in [7, 11) is 1.31. The van der Waals surface area contributed by atoms with Gasteiger partial charge in [0.25, 0.3) is 0 Å². The van der Waals surface area contributed by atoms with Gasteiger partial charge in [-0.1, -0.05) is 11.2 Å². The molecule has 0 radical (unpaired) electrons. The normalized spacial score (nSPS) is 10.3. The number of amides is 2. The van der Waals surface area contributed by atoms with Gasteiger partial charge in [0, 0.05) is 19.2 Å². The zero-order chi connectivity index (χ0) is 17.7. The number of anilines is 1. The van der Waals surface area contributed by atoms with E-state index in [1.54, 1.807) is 25.1 Å². The first-order valence-corrected chi connectivity index (χ1v) is 7.48. The molecule has 24 heavy (non-hydrogen) atoms. The largest absolute Gasteiger partial charge is 0.465 e. The predicted molar refractivity (Wildman–Crippen MR) is 86.7 cm³/mol. The van der Waals surface area contributed by atoms with E-state index in [1.165, 1.54) is 12.0 Å². The molecule has 2 aromatic rings. The fourth-order valence-corrected chi connectivity index (χ4v) is 2.10. The molecule has 1 aromatic carbocycles. The van der Waals surface area contributed by atoms with Crippen LogP contribution >= 0.6 is 0 Å². The van der Waals surface area contributed by atoms with Gasteiger partial charge in [-0.15, -0.1) is 0 Å². The first kappa shape index (κ1) is 17.5. The summed E-state index contributed by atoms with van der Waals surface area (Å²) in [6, 6.07) is 4.67. The number of nitrogens with one attached hydrogen (secondary N) is 1. The Morgan fingerprint density at radius 1 is 1.33 bits per heavy atom. The van der Waals surface area contributed by atoms with Gasteiger partial charge in [0.05, 0.1) is 19.2 Å². The van der Waals surface area contributed by atoms with Crippen LogP contribution < -0.4 is 5.32 Å². The zero-order valence-corrected chi connectivity index (χ0v) is 14.1. The van der Waals surface area contributed by atoms with Crippen molar-refractivity contribution in [2.45, 2.75) is 27.3 Å². The van der Waals surface area contributed by atoms with E-state index < -0.39 is 5.97 Å². The molecule has 1 N–H and O–H groups in total. The average molecular weight is 332 g/mol. The number of carbonyl (C=O) groups is 2. The van der Waals surface area contributed by atoms with E-state index in [-0.39, 0.29) is 12.6 Å². The molecule has 8 heteroatoms. The molecule has 2 amide bonds. The highest BCUT2D eigenvalue weighted by atomic mass is 16.5. The highest BCUT2D eigenvalue weighted by Gasteiger charge is 2.17. The smallest absolute Gasteiger partial charge is 0.337 e. The third-order valence-electron chi connectivity index (χ3n) is 3.47. The van der Waals surface area contributed by atoms with Crippen molar-refractivity contribution in [3.8, 4) is 0 Å². The molecule has 1 heterocycles. The summed E-state index contributed by atoms with van der Waals surface area (Å²) in [5, 5.41) is 6.59. The van der Waals surface area contributed by atoms with Crippen molar-refractivity contribution < 1.29 is 18.8 Å². The SMILES string of the molecule is CCN(Cc1noc(C)n1)C(=O)Nc1cc(C(=O)OC)ccc1C. The fraction of sp³-hybridized carbons (Fsp3) is 0.375. The van der Waals surface area contributed by atoms with Crippen LogP contribution in [-0.2, 0) is 11.3 Å². The Hall–Kier alpha value is -2.90. The number of hydrogen-bond donors (Lipinski definition) is 1. The van der Waals surface area contributed by atoms with Crippen LogP contribution in [0.2, 0.25) is 0 Å². The topological polar surface area (TPSA) is 97.6 Å². The molecule has 0 saturated carbocycles. The number of urea groups is 1. The van der Waals surface area contributed by atoms with E-state index in [0.29, 0.717) is 29.5 Å². The van der Waals surface area contributed by atoms with Crippen LogP contribution in [0.15, 0.2) is 22.7 Å². The van der Waals surface area contributed by atoms with Gasteiger partial charge in [-0.05, 0) is 31.5 Å². The summed E-state index contributed by atoms with van der Waals surface area (Å²) in [5.74, 6) is 0.424. The van der Waals surface area contributed by atoms with Crippen LogP contribution in [0.25, 0.3) is 0 Å². The van der Waals surface area contributed by atoms with Crippen molar-refractivity contribution in [1.82, 2.24) is 15.0 Å². The van der Waals surface area contributed by atoms with Gasteiger partial charge in [-0.3, -0.25) is 0 Å². The van der Waals surface area contributed by atoms with E-state index in [0.717, 1.165) is 5.56 Å².